The lowest BCUT2D eigenvalue weighted by Crippen LogP contribution is -2.19. The van der Waals surface area contributed by atoms with Crippen LogP contribution >= 0.6 is 0 Å². The summed E-state index contributed by atoms with van der Waals surface area (Å²) in [4.78, 5) is 12.4. The van der Waals surface area contributed by atoms with E-state index in [4.69, 9.17) is 10.5 Å². The van der Waals surface area contributed by atoms with Crippen molar-refractivity contribution in [3.63, 3.8) is 0 Å². The lowest BCUT2D eigenvalue weighted by atomic mass is 9.94. The summed E-state index contributed by atoms with van der Waals surface area (Å²) in [5, 5.41) is 0. The van der Waals surface area contributed by atoms with Gasteiger partial charge in [0.05, 0.1) is 12.2 Å². The number of benzene rings is 1. The molecule has 0 aromatic heterocycles. The number of para-hydroxylation sites is 1. The molecule has 3 rings (SSSR count). The number of nitrogens with two attached hydrogens (primary N) is 1. The zero-order valence-corrected chi connectivity index (χ0v) is 9.56. The van der Waals surface area contributed by atoms with E-state index in [1.54, 1.807) is 0 Å². The van der Waals surface area contributed by atoms with Crippen molar-refractivity contribution in [2.24, 2.45) is 11.7 Å². The molecule has 2 aliphatic rings. The van der Waals surface area contributed by atoms with Crippen LogP contribution < -0.4 is 10.5 Å². The summed E-state index contributed by atoms with van der Waals surface area (Å²) in [6.45, 7) is 0.680. The second kappa shape index (κ2) is 4.00. The summed E-state index contributed by atoms with van der Waals surface area (Å²) < 4.78 is 5.56. The summed E-state index contributed by atoms with van der Waals surface area (Å²) >= 11 is 0. The molecule has 1 aromatic carbocycles. The van der Waals surface area contributed by atoms with Crippen LogP contribution in [0.4, 0.5) is 0 Å². The van der Waals surface area contributed by atoms with E-state index in [1.807, 2.05) is 30.4 Å². The van der Waals surface area contributed by atoms with Crippen LogP contribution in [-0.2, 0) is 6.42 Å². The van der Waals surface area contributed by atoms with Gasteiger partial charge in [-0.05, 0) is 18.1 Å². The van der Waals surface area contributed by atoms with E-state index < -0.39 is 0 Å². The minimum absolute atomic E-state index is 0.0154. The number of ketones is 1. The number of carbonyl (C=O) groups is 1. The fourth-order valence-corrected chi connectivity index (χ4v) is 2.53. The number of rotatable bonds is 2. The predicted molar refractivity (Wildman–Crippen MR) is 65.2 cm³/mol. The predicted octanol–water partition coefficient (Wildman–Crippen LogP) is 1.71. The van der Waals surface area contributed by atoms with Gasteiger partial charge in [-0.3, -0.25) is 4.79 Å². The van der Waals surface area contributed by atoms with E-state index in [0.29, 0.717) is 18.6 Å². The van der Waals surface area contributed by atoms with Gasteiger partial charge in [-0.2, -0.15) is 0 Å². The largest absolute Gasteiger partial charge is 0.492 e. The third kappa shape index (κ3) is 1.76. The summed E-state index contributed by atoms with van der Waals surface area (Å²) in [5.74, 6) is 0.833. The van der Waals surface area contributed by atoms with Crippen molar-refractivity contribution in [1.29, 1.82) is 0 Å². The Morgan fingerprint density at radius 3 is 3.00 bits per heavy atom. The standard InChI is InChI=1S/C14H15NO2/c15-11-5-4-10(8-11)13(16)12-3-1-2-9-6-7-17-14(9)12/h1-5,10-11H,6-8,15H2. The maximum atomic E-state index is 12.4. The highest BCUT2D eigenvalue weighted by atomic mass is 16.5. The maximum Gasteiger partial charge on any atom is 0.173 e. The number of hydrogen-bond donors (Lipinski definition) is 1. The molecule has 2 atom stereocenters. The molecule has 3 heteroatoms. The Balaban J connectivity index is 1.92. The van der Waals surface area contributed by atoms with Crippen molar-refractivity contribution < 1.29 is 9.53 Å². The highest BCUT2D eigenvalue weighted by molar-refractivity contribution is 6.02. The Kier molecular flexibility index (Phi) is 2.48. The van der Waals surface area contributed by atoms with Gasteiger partial charge in [-0.25, -0.2) is 0 Å². The topological polar surface area (TPSA) is 52.3 Å². The van der Waals surface area contributed by atoms with E-state index >= 15 is 0 Å². The normalized spacial score (nSPS) is 25.7. The van der Waals surface area contributed by atoms with Gasteiger partial charge in [-0.15, -0.1) is 0 Å². The molecule has 1 aliphatic carbocycles. The lowest BCUT2D eigenvalue weighted by Gasteiger charge is -2.11. The molecule has 1 aromatic rings. The first-order valence-electron chi connectivity index (χ1n) is 5.98. The van der Waals surface area contributed by atoms with Crippen molar-refractivity contribution in [2.75, 3.05) is 6.61 Å². The molecule has 88 valence electrons. The van der Waals surface area contributed by atoms with E-state index in [0.717, 1.165) is 17.7 Å². The van der Waals surface area contributed by atoms with Crippen molar-refractivity contribution in [2.45, 2.75) is 18.9 Å². The number of allylic oxidation sites excluding steroid dienone is 1. The number of Topliss-reactive ketones (excluding diaryl/α,β-unsaturated/α-hetero) is 1. The fourth-order valence-electron chi connectivity index (χ4n) is 2.53. The SMILES string of the molecule is NC1C=CC(C(=O)c2cccc3c2OCC3)C1. The van der Waals surface area contributed by atoms with Crippen molar-refractivity contribution in [3.8, 4) is 5.75 Å². The van der Waals surface area contributed by atoms with Crippen LogP contribution in [0.1, 0.15) is 22.3 Å². The van der Waals surface area contributed by atoms with Gasteiger partial charge in [0.1, 0.15) is 5.75 Å². The van der Waals surface area contributed by atoms with E-state index in [2.05, 4.69) is 0 Å². The summed E-state index contributed by atoms with van der Waals surface area (Å²) in [5.41, 5.74) is 7.64. The first-order valence-corrected chi connectivity index (χ1v) is 5.98. The zero-order valence-electron chi connectivity index (χ0n) is 9.56. The van der Waals surface area contributed by atoms with Crippen molar-refractivity contribution in [1.82, 2.24) is 0 Å². The lowest BCUT2D eigenvalue weighted by molar-refractivity contribution is 0.0940. The molecule has 0 radical (unpaired) electrons. The molecule has 1 heterocycles. The van der Waals surface area contributed by atoms with Crippen LogP contribution in [0.2, 0.25) is 0 Å². The smallest absolute Gasteiger partial charge is 0.173 e. The average Bonchev–Trinajstić information content (AvgIpc) is 2.95. The molecule has 1 aliphatic heterocycles. The molecule has 2 unspecified atom stereocenters. The van der Waals surface area contributed by atoms with Gasteiger partial charge in [0.2, 0.25) is 0 Å². The minimum atomic E-state index is -0.0827. The molecule has 0 fully saturated rings. The molecule has 0 amide bonds. The van der Waals surface area contributed by atoms with Crippen LogP contribution in [0, 0.1) is 5.92 Å². The molecule has 3 nitrogen and oxygen atoms in total. The Labute approximate surface area is 100 Å². The first kappa shape index (κ1) is 10.5. The van der Waals surface area contributed by atoms with Crippen LogP contribution in [0.25, 0.3) is 0 Å². The van der Waals surface area contributed by atoms with Crippen LogP contribution in [-0.4, -0.2) is 18.4 Å². The molecule has 0 saturated heterocycles. The zero-order chi connectivity index (χ0) is 11.8. The van der Waals surface area contributed by atoms with Crippen molar-refractivity contribution >= 4 is 5.78 Å². The van der Waals surface area contributed by atoms with Gasteiger partial charge in [0, 0.05) is 18.4 Å². The first-order chi connectivity index (χ1) is 8.25. The molecule has 0 spiro atoms. The van der Waals surface area contributed by atoms with Gasteiger partial charge in [0.25, 0.3) is 0 Å². The van der Waals surface area contributed by atoms with E-state index in [1.165, 1.54) is 0 Å². The Morgan fingerprint density at radius 2 is 2.24 bits per heavy atom. The third-order valence-corrected chi connectivity index (χ3v) is 3.43. The minimum Gasteiger partial charge on any atom is -0.492 e. The summed E-state index contributed by atoms with van der Waals surface area (Å²) in [6.07, 6.45) is 5.44. The second-order valence-corrected chi connectivity index (χ2v) is 4.65. The van der Waals surface area contributed by atoms with Crippen LogP contribution in [0.15, 0.2) is 30.4 Å². The Morgan fingerprint density at radius 1 is 1.35 bits per heavy atom. The maximum absolute atomic E-state index is 12.4. The quantitative estimate of drug-likeness (QED) is 0.620. The molecule has 0 saturated carbocycles. The third-order valence-electron chi connectivity index (χ3n) is 3.43. The van der Waals surface area contributed by atoms with Crippen LogP contribution in [0.3, 0.4) is 0 Å². The molecule has 0 bridgehead atoms. The summed E-state index contributed by atoms with van der Waals surface area (Å²) in [7, 11) is 0. The molecular weight excluding hydrogens is 214 g/mol. The highest BCUT2D eigenvalue weighted by Gasteiger charge is 2.28. The number of hydrogen-bond acceptors (Lipinski definition) is 3. The monoisotopic (exact) mass is 229 g/mol. The Bertz CT molecular complexity index is 493. The van der Waals surface area contributed by atoms with E-state index in [-0.39, 0.29) is 17.7 Å². The Hall–Kier alpha value is -1.61. The number of ether oxygens (including phenoxy) is 1. The van der Waals surface area contributed by atoms with Gasteiger partial charge < -0.3 is 10.5 Å². The number of fused-ring (bicyclic) bond motifs is 1. The second-order valence-electron chi connectivity index (χ2n) is 4.65. The van der Waals surface area contributed by atoms with Crippen molar-refractivity contribution in [3.05, 3.63) is 41.5 Å². The van der Waals surface area contributed by atoms with Gasteiger partial charge >= 0.3 is 0 Å². The number of carbonyl (C=O) groups excluding carboxylic acids is 1. The summed E-state index contributed by atoms with van der Waals surface area (Å²) in [6, 6.07) is 5.82. The van der Waals surface area contributed by atoms with Gasteiger partial charge in [-0.1, -0.05) is 24.3 Å². The van der Waals surface area contributed by atoms with Gasteiger partial charge in [0.15, 0.2) is 5.78 Å². The average molecular weight is 229 g/mol. The fraction of sp³-hybridized carbons (Fsp3) is 0.357. The van der Waals surface area contributed by atoms with Crippen LogP contribution in [0.5, 0.6) is 5.75 Å². The highest BCUT2D eigenvalue weighted by Crippen LogP contribution is 2.32. The van der Waals surface area contributed by atoms with E-state index in [9.17, 15) is 4.79 Å². The molecule has 2 N–H and O–H groups in total. The molecule has 17 heavy (non-hydrogen) atoms. The molecular formula is C14H15NO2.